The van der Waals surface area contributed by atoms with Crippen LogP contribution < -0.4 is 16.0 Å². The van der Waals surface area contributed by atoms with Crippen molar-refractivity contribution < 1.29 is 9.59 Å². The molecular weight excluding hydrogens is 354 g/mol. The molecule has 1 fully saturated rings. The van der Waals surface area contributed by atoms with Gasteiger partial charge in [0.25, 0.3) is 5.91 Å². The summed E-state index contributed by atoms with van der Waals surface area (Å²) in [5.74, 6) is 0.773. The fraction of sp³-hybridized carbons (Fsp3) is 0.571. The van der Waals surface area contributed by atoms with E-state index < -0.39 is 0 Å². The van der Waals surface area contributed by atoms with Crippen molar-refractivity contribution in [3.8, 4) is 0 Å². The van der Waals surface area contributed by atoms with Crippen LogP contribution >= 0.6 is 0 Å². The van der Waals surface area contributed by atoms with Crippen LogP contribution in [0.2, 0.25) is 0 Å². The van der Waals surface area contributed by atoms with Crippen molar-refractivity contribution in [2.45, 2.75) is 44.6 Å². The van der Waals surface area contributed by atoms with Gasteiger partial charge in [-0.1, -0.05) is 25.0 Å². The van der Waals surface area contributed by atoms with Crippen LogP contribution in [-0.4, -0.2) is 62.9 Å². The second kappa shape index (κ2) is 11.3. The molecule has 2 amide bonds. The van der Waals surface area contributed by atoms with Gasteiger partial charge in [0.2, 0.25) is 5.91 Å². The van der Waals surface area contributed by atoms with Gasteiger partial charge >= 0.3 is 0 Å². The Bertz CT molecular complexity index is 681. The van der Waals surface area contributed by atoms with Crippen molar-refractivity contribution in [3.63, 3.8) is 0 Å². The van der Waals surface area contributed by atoms with Gasteiger partial charge in [0, 0.05) is 52.3 Å². The second-order valence-electron chi connectivity index (χ2n) is 7.37. The van der Waals surface area contributed by atoms with E-state index in [1.807, 2.05) is 24.3 Å². The summed E-state index contributed by atoms with van der Waals surface area (Å²) >= 11 is 0. The summed E-state index contributed by atoms with van der Waals surface area (Å²) in [7, 11) is 5.21. The van der Waals surface area contributed by atoms with E-state index in [-0.39, 0.29) is 11.8 Å². The molecular formula is C21H33N5O2. The van der Waals surface area contributed by atoms with E-state index in [2.05, 4.69) is 20.9 Å². The SMILES string of the molecule is CN=C(NCCC(=O)NC1CCCC1)NCCc1cccc(C(=O)N(C)C)c1. The molecule has 0 aliphatic heterocycles. The maximum Gasteiger partial charge on any atom is 0.253 e. The number of nitrogens with zero attached hydrogens (tertiary/aromatic N) is 2. The number of nitrogens with one attached hydrogen (secondary N) is 3. The Kier molecular flexibility index (Phi) is 8.78. The van der Waals surface area contributed by atoms with Crippen LogP contribution in [0.1, 0.15) is 48.0 Å². The summed E-state index contributed by atoms with van der Waals surface area (Å²) < 4.78 is 0. The molecule has 0 bridgehead atoms. The highest BCUT2D eigenvalue weighted by molar-refractivity contribution is 5.94. The molecule has 0 heterocycles. The molecule has 7 nitrogen and oxygen atoms in total. The van der Waals surface area contributed by atoms with Gasteiger partial charge in [-0.25, -0.2) is 0 Å². The summed E-state index contributed by atoms with van der Waals surface area (Å²) in [4.78, 5) is 29.8. The lowest BCUT2D eigenvalue weighted by molar-refractivity contribution is -0.121. The molecule has 7 heteroatoms. The first-order valence-electron chi connectivity index (χ1n) is 10.0. The van der Waals surface area contributed by atoms with E-state index in [0.29, 0.717) is 37.1 Å². The normalized spacial score (nSPS) is 14.6. The molecule has 1 aromatic rings. The molecule has 0 spiro atoms. The van der Waals surface area contributed by atoms with Crippen molar-refractivity contribution in [3.05, 3.63) is 35.4 Å². The third-order valence-corrected chi connectivity index (χ3v) is 4.87. The first-order valence-corrected chi connectivity index (χ1v) is 10.0. The summed E-state index contributed by atoms with van der Waals surface area (Å²) in [6.07, 6.45) is 5.84. The average molecular weight is 388 g/mol. The smallest absolute Gasteiger partial charge is 0.253 e. The van der Waals surface area contributed by atoms with Gasteiger partial charge in [0.1, 0.15) is 0 Å². The molecule has 0 radical (unpaired) electrons. The summed E-state index contributed by atoms with van der Waals surface area (Å²) in [6.45, 7) is 1.23. The Balaban J connectivity index is 1.68. The van der Waals surface area contributed by atoms with Crippen molar-refractivity contribution in [2.24, 2.45) is 4.99 Å². The zero-order valence-electron chi connectivity index (χ0n) is 17.3. The summed E-state index contributed by atoms with van der Waals surface area (Å²) in [5, 5.41) is 9.51. The molecule has 154 valence electrons. The van der Waals surface area contributed by atoms with Crippen LogP contribution in [0.15, 0.2) is 29.3 Å². The minimum absolute atomic E-state index is 0.00293. The van der Waals surface area contributed by atoms with Crippen LogP contribution in [0.25, 0.3) is 0 Å². The minimum Gasteiger partial charge on any atom is -0.356 e. The van der Waals surface area contributed by atoms with Gasteiger partial charge in [-0.15, -0.1) is 0 Å². The van der Waals surface area contributed by atoms with E-state index in [1.54, 1.807) is 26.0 Å². The van der Waals surface area contributed by atoms with E-state index in [9.17, 15) is 9.59 Å². The summed E-state index contributed by atoms with van der Waals surface area (Å²) in [5.41, 5.74) is 1.78. The van der Waals surface area contributed by atoms with E-state index in [0.717, 1.165) is 24.8 Å². The van der Waals surface area contributed by atoms with Crippen LogP contribution in [0.3, 0.4) is 0 Å². The Morgan fingerprint density at radius 1 is 1.14 bits per heavy atom. The van der Waals surface area contributed by atoms with Crippen molar-refractivity contribution in [2.75, 3.05) is 34.2 Å². The molecule has 1 aliphatic carbocycles. The topological polar surface area (TPSA) is 85.8 Å². The third-order valence-electron chi connectivity index (χ3n) is 4.87. The molecule has 0 aromatic heterocycles. The highest BCUT2D eigenvalue weighted by Crippen LogP contribution is 2.17. The second-order valence-corrected chi connectivity index (χ2v) is 7.37. The molecule has 0 unspecified atom stereocenters. The molecule has 2 rings (SSSR count). The quantitative estimate of drug-likeness (QED) is 0.467. The predicted octanol–water partition coefficient (Wildman–Crippen LogP) is 1.54. The maximum absolute atomic E-state index is 12.1. The van der Waals surface area contributed by atoms with E-state index >= 15 is 0 Å². The lowest BCUT2D eigenvalue weighted by atomic mass is 10.1. The number of carbonyl (C=O) groups excluding carboxylic acids is 2. The minimum atomic E-state index is 0.00293. The van der Waals surface area contributed by atoms with E-state index in [4.69, 9.17) is 0 Å². The van der Waals surface area contributed by atoms with Crippen LogP contribution in [-0.2, 0) is 11.2 Å². The van der Waals surface area contributed by atoms with Gasteiger partial charge in [0.15, 0.2) is 5.96 Å². The van der Waals surface area contributed by atoms with Gasteiger partial charge in [-0.3, -0.25) is 14.6 Å². The number of amides is 2. The first kappa shape index (κ1) is 21.7. The van der Waals surface area contributed by atoms with Gasteiger partial charge in [-0.05, 0) is 37.0 Å². The zero-order chi connectivity index (χ0) is 20.4. The number of guanidine groups is 1. The fourth-order valence-corrected chi connectivity index (χ4v) is 3.33. The number of aliphatic imine (C=N–C) groups is 1. The third kappa shape index (κ3) is 7.21. The molecule has 0 atom stereocenters. The number of benzene rings is 1. The number of carbonyl (C=O) groups is 2. The maximum atomic E-state index is 12.1. The van der Waals surface area contributed by atoms with Crippen molar-refractivity contribution >= 4 is 17.8 Å². The molecule has 1 aliphatic rings. The van der Waals surface area contributed by atoms with Crippen molar-refractivity contribution in [1.82, 2.24) is 20.9 Å². The Morgan fingerprint density at radius 3 is 2.54 bits per heavy atom. The van der Waals surface area contributed by atoms with Crippen molar-refractivity contribution in [1.29, 1.82) is 0 Å². The predicted molar refractivity (Wildman–Crippen MR) is 113 cm³/mol. The molecule has 3 N–H and O–H groups in total. The Hall–Kier alpha value is -2.57. The van der Waals surface area contributed by atoms with Gasteiger partial charge in [-0.2, -0.15) is 0 Å². The zero-order valence-corrected chi connectivity index (χ0v) is 17.3. The lowest BCUT2D eigenvalue weighted by Gasteiger charge is -2.14. The van der Waals surface area contributed by atoms with Crippen LogP contribution in [0.5, 0.6) is 0 Å². The van der Waals surface area contributed by atoms with Gasteiger partial charge < -0.3 is 20.9 Å². The lowest BCUT2D eigenvalue weighted by Crippen LogP contribution is -2.41. The highest BCUT2D eigenvalue weighted by atomic mass is 16.2. The Morgan fingerprint density at radius 2 is 1.86 bits per heavy atom. The molecule has 28 heavy (non-hydrogen) atoms. The first-order chi connectivity index (χ1) is 13.5. The van der Waals surface area contributed by atoms with Crippen LogP contribution in [0, 0.1) is 0 Å². The van der Waals surface area contributed by atoms with E-state index in [1.165, 1.54) is 12.8 Å². The Labute approximate surface area is 168 Å². The monoisotopic (exact) mass is 387 g/mol. The van der Waals surface area contributed by atoms with Gasteiger partial charge in [0.05, 0.1) is 0 Å². The molecule has 1 saturated carbocycles. The number of rotatable bonds is 8. The highest BCUT2D eigenvalue weighted by Gasteiger charge is 2.16. The summed E-state index contributed by atoms with van der Waals surface area (Å²) in [6, 6.07) is 8.03. The standard InChI is InChI=1S/C21H33N5O2/c1-22-21(24-14-12-19(27)25-18-9-4-5-10-18)23-13-11-16-7-6-8-17(15-16)20(28)26(2)3/h6-8,15,18H,4-5,9-14H2,1-3H3,(H,25,27)(H2,22,23,24). The average Bonchev–Trinajstić information content (AvgIpc) is 3.19. The molecule has 1 aromatic carbocycles. The number of hydrogen-bond donors (Lipinski definition) is 3. The van der Waals surface area contributed by atoms with Crippen LogP contribution in [0.4, 0.5) is 0 Å². The fourth-order valence-electron chi connectivity index (χ4n) is 3.33. The molecule has 0 saturated heterocycles. The largest absolute Gasteiger partial charge is 0.356 e. The number of hydrogen-bond acceptors (Lipinski definition) is 3.